The molecule has 1 aromatic carbocycles. The summed E-state index contributed by atoms with van der Waals surface area (Å²) in [5.41, 5.74) is 2.37. The second kappa shape index (κ2) is 11.1. The summed E-state index contributed by atoms with van der Waals surface area (Å²) in [6.45, 7) is 5.08. The molecule has 0 spiro atoms. The van der Waals surface area contributed by atoms with E-state index in [4.69, 9.17) is 4.74 Å². The average Bonchev–Trinajstić information content (AvgIpc) is 3.00. The number of nitrogens with zero attached hydrogens (tertiary/aromatic N) is 2. The second-order valence-electron chi connectivity index (χ2n) is 6.53. The minimum Gasteiger partial charge on any atom is -0.493 e. The van der Waals surface area contributed by atoms with Crippen LogP contribution < -0.4 is 10.1 Å². The Balaban J connectivity index is 1.76. The van der Waals surface area contributed by atoms with Gasteiger partial charge in [0, 0.05) is 26.4 Å². The van der Waals surface area contributed by atoms with Crippen LogP contribution in [0, 0.1) is 18.8 Å². The maximum absolute atomic E-state index is 12.3. The van der Waals surface area contributed by atoms with Gasteiger partial charge in [0.15, 0.2) is 0 Å². The zero-order valence-electron chi connectivity index (χ0n) is 16.5. The summed E-state index contributed by atoms with van der Waals surface area (Å²) in [5, 5.41) is 7.12. The highest BCUT2D eigenvalue weighted by atomic mass is 16.5. The highest BCUT2D eigenvalue weighted by Crippen LogP contribution is 2.14. The van der Waals surface area contributed by atoms with E-state index < -0.39 is 0 Å². The first-order valence-electron chi connectivity index (χ1n) is 9.56. The number of unbranched alkanes of at least 4 members (excludes halogenated alkanes) is 3. The minimum absolute atomic E-state index is 0.136. The van der Waals surface area contributed by atoms with Crippen LogP contribution in [0.4, 0.5) is 0 Å². The van der Waals surface area contributed by atoms with Crippen LogP contribution in [0.5, 0.6) is 5.75 Å². The summed E-state index contributed by atoms with van der Waals surface area (Å²) in [6.07, 6.45) is 5.35. The van der Waals surface area contributed by atoms with E-state index in [9.17, 15) is 4.79 Å². The lowest BCUT2D eigenvalue weighted by molar-refractivity contribution is 0.0941. The monoisotopic (exact) mass is 367 g/mol. The molecule has 0 radical (unpaired) electrons. The van der Waals surface area contributed by atoms with E-state index in [2.05, 4.69) is 29.2 Å². The zero-order chi connectivity index (χ0) is 19.5. The Morgan fingerprint density at radius 1 is 1.22 bits per heavy atom. The van der Waals surface area contributed by atoms with Crippen LogP contribution in [0.3, 0.4) is 0 Å². The summed E-state index contributed by atoms with van der Waals surface area (Å²) >= 11 is 0. The molecule has 0 unspecified atom stereocenters. The van der Waals surface area contributed by atoms with E-state index in [0.717, 1.165) is 29.8 Å². The van der Waals surface area contributed by atoms with Crippen LogP contribution in [-0.2, 0) is 13.6 Å². The molecule has 0 bridgehead atoms. The van der Waals surface area contributed by atoms with Crippen LogP contribution in [0.25, 0.3) is 0 Å². The third kappa shape index (κ3) is 7.18. The van der Waals surface area contributed by atoms with Gasteiger partial charge < -0.3 is 10.1 Å². The van der Waals surface area contributed by atoms with Crippen molar-refractivity contribution in [3.63, 3.8) is 0 Å². The molecule has 1 aromatic heterocycles. The number of benzene rings is 1. The first kappa shape index (κ1) is 20.6. The van der Waals surface area contributed by atoms with Crippen molar-refractivity contribution in [2.24, 2.45) is 7.05 Å². The number of ether oxygens (including phenoxy) is 1. The van der Waals surface area contributed by atoms with Crippen LogP contribution in [-0.4, -0.2) is 22.3 Å². The Bertz CT molecular complexity index is 799. The van der Waals surface area contributed by atoms with E-state index in [-0.39, 0.29) is 5.91 Å². The molecule has 144 valence electrons. The topological polar surface area (TPSA) is 56.1 Å². The van der Waals surface area contributed by atoms with E-state index in [1.54, 1.807) is 17.8 Å². The van der Waals surface area contributed by atoms with Gasteiger partial charge in [0.05, 0.1) is 12.3 Å². The second-order valence-corrected chi connectivity index (χ2v) is 6.53. The maximum atomic E-state index is 12.3. The highest BCUT2D eigenvalue weighted by molar-refractivity contribution is 5.92. The van der Waals surface area contributed by atoms with Gasteiger partial charge in [-0.3, -0.25) is 9.48 Å². The molecule has 0 atom stereocenters. The maximum Gasteiger partial charge on any atom is 0.269 e. The Kier molecular flexibility index (Phi) is 8.44. The molecule has 1 heterocycles. The first-order chi connectivity index (χ1) is 13.1. The smallest absolute Gasteiger partial charge is 0.269 e. The van der Waals surface area contributed by atoms with Gasteiger partial charge in [-0.2, -0.15) is 5.10 Å². The number of carbonyl (C=O) groups is 1. The molecule has 1 N–H and O–H groups in total. The summed E-state index contributed by atoms with van der Waals surface area (Å²) in [6, 6.07) is 9.54. The van der Waals surface area contributed by atoms with Crippen molar-refractivity contribution in [1.29, 1.82) is 0 Å². The van der Waals surface area contributed by atoms with Crippen molar-refractivity contribution in [1.82, 2.24) is 15.1 Å². The lowest BCUT2D eigenvalue weighted by atomic mass is 10.2. The van der Waals surface area contributed by atoms with E-state index in [1.807, 2.05) is 31.2 Å². The van der Waals surface area contributed by atoms with E-state index in [1.165, 1.54) is 19.3 Å². The minimum atomic E-state index is -0.136. The predicted octanol–water partition coefficient (Wildman–Crippen LogP) is 4.01. The summed E-state index contributed by atoms with van der Waals surface area (Å²) in [7, 11) is 1.77. The van der Waals surface area contributed by atoms with Crippen molar-refractivity contribution in [3.8, 4) is 17.6 Å². The van der Waals surface area contributed by atoms with Crippen molar-refractivity contribution in [3.05, 3.63) is 47.3 Å². The molecule has 2 rings (SSSR count). The zero-order valence-corrected chi connectivity index (χ0v) is 16.5. The van der Waals surface area contributed by atoms with Crippen molar-refractivity contribution in [2.45, 2.75) is 52.5 Å². The van der Waals surface area contributed by atoms with Gasteiger partial charge in [-0.1, -0.05) is 37.8 Å². The Morgan fingerprint density at radius 3 is 2.78 bits per heavy atom. The highest BCUT2D eigenvalue weighted by Gasteiger charge is 2.11. The number of rotatable bonds is 9. The van der Waals surface area contributed by atoms with Gasteiger partial charge in [0.2, 0.25) is 0 Å². The molecule has 2 aromatic rings. The molecule has 5 heteroatoms. The number of aryl methyl sites for hydroxylation is 2. The van der Waals surface area contributed by atoms with Crippen LogP contribution >= 0.6 is 0 Å². The van der Waals surface area contributed by atoms with E-state index >= 15 is 0 Å². The molecule has 1 amide bonds. The van der Waals surface area contributed by atoms with Gasteiger partial charge in [-0.25, -0.2) is 0 Å². The van der Waals surface area contributed by atoms with Crippen LogP contribution in [0.15, 0.2) is 30.3 Å². The van der Waals surface area contributed by atoms with Gasteiger partial charge >= 0.3 is 0 Å². The Morgan fingerprint density at radius 2 is 2.04 bits per heavy atom. The molecule has 0 saturated heterocycles. The molecule has 0 fully saturated rings. The van der Waals surface area contributed by atoms with Gasteiger partial charge in [0.1, 0.15) is 11.4 Å². The molecule has 27 heavy (non-hydrogen) atoms. The summed E-state index contributed by atoms with van der Waals surface area (Å²) < 4.78 is 7.35. The molecular weight excluding hydrogens is 338 g/mol. The molecule has 0 aliphatic heterocycles. The molecule has 5 nitrogen and oxygen atoms in total. The Hall–Kier alpha value is -2.74. The first-order valence-corrected chi connectivity index (χ1v) is 9.56. The number of carbonyl (C=O) groups excluding carboxylic acids is 1. The van der Waals surface area contributed by atoms with Gasteiger partial charge in [-0.05, 0) is 37.1 Å². The number of amides is 1. The summed E-state index contributed by atoms with van der Waals surface area (Å²) in [5.74, 6) is 7.00. The molecule has 0 saturated carbocycles. The molecular formula is C22H29N3O2. The van der Waals surface area contributed by atoms with Crippen LogP contribution in [0.2, 0.25) is 0 Å². The van der Waals surface area contributed by atoms with Crippen LogP contribution in [0.1, 0.15) is 60.8 Å². The van der Waals surface area contributed by atoms with E-state index in [0.29, 0.717) is 18.8 Å². The third-order valence-corrected chi connectivity index (χ3v) is 4.11. The standard InChI is InChI=1S/C22H29N3O2/c1-4-5-6-7-8-9-10-14-27-20-13-11-12-19(16-20)17-23-22(26)21-15-18(2)24-25(21)3/h11-13,15-16H,4-7,10,14,17H2,1-3H3,(H,23,26). The lowest BCUT2D eigenvalue weighted by Crippen LogP contribution is -2.25. The molecule has 0 aliphatic carbocycles. The molecule has 0 aliphatic rings. The fourth-order valence-electron chi connectivity index (χ4n) is 2.70. The fourth-order valence-corrected chi connectivity index (χ4v) is 2.70. The lowest BCUT2D eigenvalue weighted by Gasteiger charge is -2.08. The number of aromatic nitrogens is 2. The van der Waals surface area contributed by atoms with Crippen molar-refractivity contribution < 1.29 is 9.53 Å². The largest absolute Gasteiger partial charge is 0.493 e. The van der Waals surface area contributed by atoms with Crippen molar-refractivity contribution in [2.75, 3.05) is 6.61 Å². The normalized spacial score (nSPS) is 10.2. The average molecular weight is 367 g/mol. The SMILES string of the molecule is CCCCCC#CCCOc1cccc(CNC(=O)c2cc(C)nn2C)c1. The van der Waals surface area contributed by atoms with Gasteiger partial charge in [-0.15, -0.1) is 5.92 Å². The number of hydrogen-bond acceptors (Lipinski definition) is 3. The number of hydrogen-bond donors (Lipinski definition) is 1. The third-order valence-electron chi connectivity index (χ3n) is 4.11. The predicted molar refractivity (Wildman–Crippen MR) is 108 cm³/mol. The summed E-state index contributed by atoms with van der Waals surface area (Å²) in [4.78, 5) is 12.3. The number of nitrogens with one attached hydrogen (secondary N) is 1. The Labute approximate surface area is 162 Å². The quantitative estimate of drug-likeness (QED) is 0.538. The fraction of sp³-hybridized carbons (Fsp3) is 0.455. The van der Waals surface area contributed by atoms with Crippen molar-refractivity contribution >= 4 is 5.91 Å². The van der Waals surface area contributed by atoms with Gasteiger partial charge in [0.25, 0.3) is 5.91 Å².